The summed E-state index contributed by atoms with van der Waals surface area (Å²) in [7, 11) is 0. The number of H-pyrrole nitrogens is 2. The minimum Gasteiger partial charge on any atom is -0.489 e. The third kappa shape index (κ3) is 22.5. The number of aromatic amines is 2. The standard InChI is InChI=1S/C58H66N10O9.C20H28N4O3/c59-27-13-12-22-46-52(69)64-47(30-38-23-25-42(26-24-38)76-36-39-16-6-2-7-17-39)53(70)66-49(31-37-14-4-1-5-15-37)57(74)68-35-43(77-58(75)61-29-28-60)33-50(68)55(72)67-51(40-18-8-3-9-19-40)56(73)65-48(54(71)63-46)32-41-34-62-45-21-11-10-20-44(41)45;1-14(26)5-4-6-15(20(27)12-24-21)10-22-17(13-25)9-16-11-23-19-8-3-2-7-18(16)19/h1-11,14-21,23-26,34,43,46-51,62H,12-13,22,27-33,35-36,59-60H2,(H,61,75)(H,63,71)(H,64,69)(H,65,73)(H,66,70)(H,67,72);2-3,7-8,11,13,15,17,22-24H,4-6,9-10,12,21H2,1H3/t43-,46?,47+,48+,49?,50?,51+;15?,17-/m11/s1/i;13D. The van der Waals surface area contributed by atoms with Gasteiger partial charge >= 0.3 is 6.09 Å². The van der Waals surface area contributed by atoms with Crippen LogP contribution in [0, 0.1) is 5.92 Å². The van der Waals surface area contributed by atoms with Crippen molar-refractivity contribution in [1.29, 1.82) is 0 Å². The number of hydrazine groups is 1. The van der Waals surface area contributed by atoms with Crippen molar-refractivity contribution < 1.29 is 58.8 Å². The van der Waals surface area contributed by atoms with Crippen LogP contribution in [-0.4, -0.2) is 156 Å². The van der Waals surface area contributed by atoms with Crippen molar-refractivity contribution >= 4 is 81.2 Å². The number of ether oxygens (including phenoxy) is 2. The molecule has 2 fully saturated rings. The number of hydrogen-bond acceptors (Lipinski definition) is 17. The van der Waals surface area contributed by atoms with E-state index >= 15 is 9.59 Å². The molecular weight excluding hydrogens is 1320 g/mol. The smallest absolute Gasteiger partial charge is 0.407 e. The second-order valence-corrected chi connectivity index (χ2v) is 26.0. The van der Waals surface area contributed by atoms with Crippen LogP contribution in [0.15, 0.2) is 176 Å². The highest BCUT2D eigenvalue weighted by Crippen LogP contribution is 2.27. The highest BCUT2D eigenvalue weighted by Gasteiger charge is 2.45. The van der Waals surface area contributed by atoms with Gasteiger partial charge in [0.15, 0.2) is 5.78 Å². The molecule has 26 nitrogen and oxygen atoms in total. The number of amides is 7. The van der Waals surface area contributed by atoms with Crippen LogP contribution in [-0.2, 0) is 80.2 Å². The van der Waals surface area contributed by atoms with Crippen LogP contribution in [0.5, 0.6) is 5.75 Å². The molecule has 0 aliphatic carbocycles. The molecule has 2 saturated heterocycles. The molecule has 7 amide bonds. The van der Waals surface area contributed by atoms with E-state index in [1.165, 1.54) is 11.8 Å². The van der Waals surface area contributed by atoms with Gasteiger partial charge < -0.3 is 82.6 Å². The summed E-state index contributed by atoms with van der Waals surface area (Å²) in [4.78, 5) is 146. The summed E-state index contributed by atoms with van der Waals surface area (Å²) in [5.41, 5.74) is 19.9. The average Bonchev–Trinajstić information content (AvgIpc) is 1.70. The van der Waals surface area contributed by atoms with Crippen LogP contribution in [0.1, 0.15) is 92.7 Å². The number of carbonyl (C=O) groups is 10. The molecule has 0 radical (unpaired) electrons. The minimum atomic E-state index is -1.42. The SMILES string of the molecule is NCCCCC1NC(=O)[C@H](Cc2c[nH]c3ccccc23)NC(=O)[C@H](c2ccccc2)NC(=O)C2C[C@@H](OC(=O)NCCN)CN2C(=O)C(Cc2ccccc2)NC(=O)[C@H](Cc2ccc(OCc3ccccc3)cc2)NC1=O.[2H]C(=O)[C@@H](Cc1c[nH]c2ccccc12)NCC(CCCC(C)=O)C(=O)CNN. The molecule has 4 unspecified atom stereocenters. The number of hydrogen-bond donors (Lipinski definition) is 13. The lowest BCUT2D eigenvalue weighted by Crippen LogP contribution is -2.61. The normalized spacial score (nSPS) is 19.6. The number of fused-ring (bicyclic) bond motifs is 3. The van der Waals surface area contributed by atoms with Crippen molar-refractivity contribution in [1.82, 2.24) is 57.5 Å². The van der Waals surface area contributed by atoms with Crippen LogP contribution in [0.25, 0.3) is 21.8 Å². The van der Waals surface area contributed by atoms with E-state index in [4.69, 9.17) is 28.2 Å². The quantitative estimate of drug-likeness (QED) is 0.0126. The summed E-state index contributed by atoms with van der Waals surface area (Å²) >= 11 is 0. The number of Topliss-reactive ketones (excluding diaryl/α,β-unsaturated/α-hetero) is 2. The molecule has 10 rings (SSSR count). The number of benzene rings is 6. The maximum Gasteiger partial charge on any atom is 0.407 e. The summed E-state index contributed by atoms with van der Waals surface area (Å²) in [5.74, 6) is 1.12. The monoisotopic (exact) mass is 1420 g/mol. The molecule has 9 atom stereocenters. The number of nitrogens with zero attached hydrogens (tertiary/aromatic N) is 1. The van der Waals surface area contributed by atoms with Crippen molar-refractivity contribution in [3.05, 3.63) is 210 Å². The fourth-order valence-corrected chi connectivity index (χ4v) is 12.8. The van der Waals surface area contributed by atoms with E-state index in [1.807, 2.05) is 91.1 Å². The van der Waals surface area contributed by atoms with Crippen molar-refractivity contribution in [3.63, 3.8) is 0 Å². The summed E-state index contributed by atoms with van der Waals surface area (Å²) in [5, 5.41) is 21.9. The Morgan fingerprint density at radius 3 is 1.84 bits per heavy atom. The maximum absolute atomic E-state index is 15.3. The Kier molecular flexibility index (Phi) is 28.8. The van der Waals surface area contributed by atoms with E-state index in [2.05, 4.69) is 52.6 Å². The topological polar surface area (TPSA) is 398 Å². The molecule has 548 valence electrons. The number of rotatable bonds is 30. The molecule has 2 aliphatic rings. The Bertz CT molecular complexity index is 4220. The molecule has 0 bridgehead atoms. The molecule has 2 aliphatic heterocycles. The van der Waals surface area contributed by atoms with E-state index in [9.17, 15) is 38.4 Å². The zero-order valence-electron chi connectivity index (χ0n) is 59.2. The van der Waals surface area contributed by atoms with Gasteiger partial charge in [-0.15, -0.1) is 0 Å². The molecule has 2 aromatic heterocycles. The predicted molar refractivity (Wildman–Crippen MR) is 394 cm³/mol. The van der Waals surface area contributed by atoms with Gasteiger partial charge in [0.2, 0.25) is 35.4 Å². The lowest BCUT2D eigenvalue weighted by atomic mass is 9.95. The number of nitrogens with one attached hydrogen (secondary N) is 10. The van der Waals surface area contributed by atoms with E-state index < -0.39 is 96.2 Å². The third-order valence-corrected chi connectivity index (χ3v) is 18.3. The first-order chi connectivity index (χ1) is 50.9. The summed E-state index contributed by atoms with van der Waals surface area (Å²) in [6, 6.07) is 40.7. The minimum absolute atomic E-state index is 0.0222. The van der Waals surface area contributed by atoms with Gasteiger partial charge in [-0.2, -0.15) is 0 Å². The van der Waals surface area contributed by atoms with E-state index in [-0.39, 0.29) is 82.3 Å². The highest BCUT2D eigenvalue weighted by molar-refractivity contribution is 5.99. The average molecular weight is 1420 g/mol. The molecule has 8 aromatic rings. The maximum atomic E-state index is 15.3. The fourth-order valence-electron chi connectivity index (χ4n) is 12.8. The van der Waals surface area contributed by atoms with Crippen molar-refractivity contribution in [3.8, 4) is 5.75 Å². The number of ketones is 2. The van der Waals surface area contributed by atoms with E-state index in [1.54, 1.807) is 85.1 Å². The number of nitrogens with two attached hydrogens (primary N) is 3. The Balaban J connectivity index is 0.000000382. The van der Waals surface area contributed by atoms with Crippen molar-refractivity contribution in [2.45, 2.75) is 133 Å². The Hall–Kier alpha value is -10.9. The summed E-state index contributed by atoms with van der Waals surface area (Å²) in [6.07, 6.45) is 3.66. The van der Waals surface area contributed by atoms with Gasteiger partial charge in [0, 0.05) is 91.9 Å². The van der Waals surface area contributed by atoms with Gasteiger partial charge in [-0.25, -0.2) is 4.79 Å². The molecule has 6 aromatic carbocycles. The van der Waals surface area contributed by atoms with Crippen LogP contribution >= 0.6 is 0 Å². The lowest BCUT2D eigenvalue weighted by molar-refractivity contribution is -0.143. The van der Waals surface area contributed by atoms with Gasteiger partial charge in [-0.1, -0.05) is 140 Å². The van der Waals surface area contributed by atoms with Crippen molar-refractivity contribution in [2.75, 3.05) is 39.3 Å². The zero-order valence-corrected chi connectivity index (χ0v) is 58.2. The highest BCUT2D eigenvalue weighted by atomic mass is 16.6. The summed E-state index contributed by atoms with van der Waals surface area (Å²) in [6.45, 7) is 2.42. The Labute approximate surface area is 605 Å². The number of alkyl carbamates (subject to hydrolysis) is 1. The number of aldehydes is 1. The molecule has 104 heavy (non-hydrogen) atoms. The second kappa shape index (κ2) is 39.5. The zero-order chi connectivity index (χ0) is 74.6. The fraction of sp³-hybridized carbons (Fsp3) is 0.359. The third-order valence-electron chi connectivity index (χ3n) is 18.3. The number of aromatic nitrogens is 2. The molecule has 26 heteroatoms. The number of para-hydroxylation sites is 2. The second-order valence-electron chi connectivity index (χ2n) is 26.0. The van der Waals surface area contributed by atoms with Gasteiger partial charge in [0.25, 0.3) is 0 Å². The molecule has 0 spiro atoms. The lowest BCUT2D eigenvalue weighted by Gasteiger charge is -2.32. The van der Waals surface area contributed by atoms with Gasteiger partial charge in [-0.3, -0.25) is 44.8 Å². The van der Waals surface area contributed by atoms with Crippen LogP contribution < -0.4 is 64.7 Å². The predicted octanol–water partition coefficient (Wildman–Crippen LogP) is 4.64. The Morgan fingerprint density at radius 1 is 0.625 bits per heavy atom. The largest absolute Gasteiger partial charge is 0.489 e. The van der Waals surface area contributed by atoms with Gasteiger partial charge in [0.05, 0.1) is 19.1 Å². The van der Waals surface area contributed by atoms with Crippen LogP contribution in [0.3, 0.4) is 0 Å². The van der Waals surface area contributed by atoms with Crippen LogP contribution in [0.4, 0.5) is 4.79 Å². The number of carbonyl (C=O) groups excluding carboxylic acids is 10. The number of unbranched alkanes of at least 4 members (excludes halogenated alkanes) is 1. The van der Waals surface area contributed by atoms with Crippen LogP contribution in [0.2, 0.25) is 0 Å². The van der Waals surface area contributed by atoms with Gasteiger partial charge in [0.1, 0.15) is 68.1 Å². The molecule has 4 heterocycles. The van der Waals surface area contributed by atoms with Gasteiger partial charge in [-0.05, 0) is 110 Å². The first kappa shape index (κ1) is 75.8. The van der Waals surface area contributed by atoms with E-state index in [0.717, 1.165) is 32.9 Å². The molecule has 0 saturated carbocycles. The first-order valence-corrected chi connectivity index (χ1v) is 35.2. The van der Waals surface area contributed by atoms with Crippen molar-refractivity contribution in [2.24, 2.45) is 23.2 Å². The Morgan fingerprint density at radius 2 is 1.19 bits per heavy atom. The van der Waals surface area contributed by atoms with E-state index in [0.29, 0.717) is 79.7 Å². The molecular formula is C78H94N14O12. The summed E-state index contributed by atoms with van der Waals surface area (Å²) < 4.78 is 19.4. The molecule has 16 N–H and O–H groups in total. The first-order valence-electron chi connectivity index (χ1n) is 35.7.